The number of rotatable bonds is 8. The first kappa shape index (κ1) is 32.8. The number of hydrogen-bond acceptors (Lipinski definition) is 5. The second-order valence-electron chi connectivity index (χ2n) is 12.6. The van der Waals surface area contributed by atoms with Crippen LogP contribution >= 0.6 is 17.0 Å². The second kappa shape index (κ2) is 12.0. The zero-order chi connectivity index (χ0) is 28.6. The molecule has 2 aromatic carbocycles. The smallest absolute Gasteiger partial charge is 0.229 e. The highest BCUT2D eigenvalue weighted by Gasteiger charge is 2.40. The Labute approximate surface area is 244 Å². The molecule has 2 atom stereocenters. The van der Waals surface area contributed by atoms with Gasteiger partial charge in [-0.3, -0.25) is 14.9 Å². The molecule has 216 valence electrons. The molecule has 0 aromatic heterocycles. The van der Waals surface area contributed by atoms with Gasteiger partial charge in [-0.1, -0.05) is 73.1 Å². The molecule has 3 rings (SSSR count). The van der Waals surface area contributed by atoms with E-state index in [9.17, 15) is 18.3 Å². The molecule has 0 aliphatic carbocycles. The number of phenols is 1. The van der Waals surface area contributed by atoms with E-state index in [1.807, 2.05) is 58.6 Å². The summed E-state index contributed by atoms with van der Waals surface area (Å²) in [5.74, 6) is 0.212. The van der Waals surface area contributed by atoms with Crippen molar-refractivity contribution in [2.24, 2.45) is 5.92 Å². The number of aromatic hydroxyl groups is 1. The fraction of sp³-hybridized carbons (Fsp3) is 0.533. The number of amidine groups is 1. The molecule has 0 spiro atoms. The fourth-order valence-corrected chi connectivity index (χ4v) is 5.94. The first-order chi connectivity index (χ1) is 17.4. The minimum absolute atomic E-state index is 0. The normalized spacial score (nSPS) is 18.2. The molecule has 2 unspecified atom stereocenters. The number of Topliss-reactive ketones (excluding diaryl/α,β-unsaturated/α-hetero) is 1. The quantitative estimate of drug-likeness (QED) is 0.287. The van der Waals surface area contributed by atoms with Crippen LogP contribution in [0.4, 0.5) is 5.69 Å². The number of carbonyl (C=O) groups is 1. The molecule has 0 amide bonds. The van der Waals surface area contributed by atoms with Crippen LogP contribution in [0.15, 0.2) is 36.4 Å². The van der Waals surface area contributed by atoms with Crippen molar-refractivity contribution in [2.45, 2.75) is 78.1 Å². The number of nitrogens with zero attached hydrogens (tertiary/aromatic N) is 1. The van der Waals surface area contributed by atoms with Gasteiger partial charge in [0.05, 0.1) is 18.5 Å². The molecule has 1 saturated heterocycles. The van der Waals surface area contributed by atoms with Crippen molar-refractivity contribution in [1.82, 2.24) is 4.90 Å². The van der Waals surface area contributed by atoms with Gasteiger partial charge in [-0.05, 0) is 46.9 Å². The molecule has 9 heteroatoms. The zero-order valence-corrected chi connectivity index (χ0v) is 26.9. The van der Waals surface area contributed by atoms with Gasteiger partial charge in [0.2, 0.25) is 10.0 Å². The lowest BCUT2D eigenvalue weighted by atomic mass is 9.78. The third kappa shape index (κ3) is 7.63. The van der Waals surface area contributed by atoms with Gasteiger partial charge in [-0.15, -0.1) is 17.0 Å². The molecule has 1 aliphatic heterocycles. The number of phenolic OH excluding ortho intramolecular Hbond substituents is 1. The monoisotopic (exact) mass is 621 g/mol. The van der Waals surface area contributed by atoms with Crippen LogP contribution in [0.2, 0.25) is 0 Å². The molecule has 7 nitrogen and oxygen atoms in total. The van der Waals surface area contributed by atoms with Crippen LogP contribution in [0, 0.1) is 11.3 Å². The Morgan fingerprint density at radius 3 is 2.10 bits per heavy atom. The predicted octanol–water partition coefficient (Wildman–Crippen LogP) is 6.61. The van der Waals surface area contributed by atoms with E-state index in [-0.39, 0.29) is 57.7 Å². The zero-order valence-electron chi connectivity index (χ0n) is 24.4. The van der Waals surface area contributed by atoms with Crippen LogP contribution in [0.25, 0.3) is 0 Å². The molecule has 0 radical (unpaired) electrons. The summed E-state index contributed by atoms with van der Waals surface area (Å²) in [6, 6.07) is 10.8. The average Bonchev–Trinajstić information content (AvgIpc) is 3.06. The summed E-state index contributed by atoms with van der Waals surface area (Å²) in [6.45, 7) is 14.8. The number of halogens is 1. The number of nitrogens with one attached hydrogen (secondary N) is 2. The number of para-hydroxylation sites is 1. The highest BCUT2D eigenvalue weighted by Crippen LogP contribution is 2.42. The lowest BCUT2D eigenvalue weighted by molar-refractivity contribution is 0.0963. The molecular formula is C30H44BrN3O4S. The standard InChI is InChI=1S/C30H43N3O4S.BrH/c1-9-12-19-17-33(28(31)26(19)21-13-10-11-14-24(21)32-38(8,36)37)18-25(34)20-15-22(29(2,3)4)27(35)23(16-20)30(5,6)7;/h10-11,13-16,19,26,31-32,35H,9,12,17-18H2,1-8H3;1H. The summed E-state index contributed by atoms with van der Waals surface area (Å²) in [5, 5.41) is 20.1. The van der Waals surface area contributed by atoms with E-state index in [0.29, 0.717) is 23.6 Å². The molecule has 1 aliphatic rings. The number of benzene rings is 2. The van der Waals surface area contributed by atoms with E-state index in [1.165, 1.54) is 0 Å². The largest absolute Gasteiger partial charge is 0.507 e. The Bertz CT molecular complexity index is 1290. The summed E-state index contributed by atoms with van der Waals surface area (Å²) >= 11 is 0. The number of sulfonamides is 1. The highest BCUT2D eigenvalue weighted by molar-refractivity contribution is 8.93. The van der Waals surface area contributed by atoms with Crippen molar-refractivity contribution >= 4 is 44.3 Å². The summed E-state index contributed by atoms with van der Waals surface area (Å²) in [6.07, 6.45) is 2.89. The lowest BCUT2D eigenvalue weighted by Crippen LogP contribution is -2.32. The van der Waals surface area contributed by atoms with Crippen LogP contribution in [0.3, 0.4) is 0 Å². The average molecular weight is 623 g/mol. The van der Waals surface area contributed by atoms with Crippen molar-refractivity contribution in [1.29, 1.82) is 5.41 Å². The van der Waals surface area contributed by atoms with Gasteiger partial charge in [-0.25, -0.2) is 8.42 Å². The van der Waals surface area contributed by atoms with Gasteiger partial charge in [0.1, 0.15) is 11.6 Å². The number of hydrogen-bond donors (Lipinski definition) is 3. The van der Waals surface area contributed by atoms with Crippen molar-refractivity contribution in [3.63, 3.8) is 0 Å². The van der Waals surface area contributed by atoms with Crippen molar-refractivity contribution in [2.75, 3.05) is 24.1 Å². The van der Waals surface area contributed by atoms with Crippen LogP contribution in [-0.2, 0) is 20.9 Å². The van der Waals surface area contributed by atoms with E-state index in [2.05, 4.69) is 11.6 Å². The molecule has 2 aromatic rings. The molecular weight excluding hydrogens is 578 g/mol. The Morgan fingerprint density at radius 1 is 1.08 bits per heavy atom. The van der Waals surface area contributed by atoms with Crippen molar-refractivity contribution in [3.8, 4) is 5.75 Å². The van der Waals surface area contributed by atoms with E-state index in [1.54, 1.807) is 24.3 Å². The Kier molecular flexibility index (Phi) is 10.1. The van der Waals surface area contributed by atoms with Crippen LogP contribution in [0.5, 0.6) is 5.75 Å². The molecule has 3 N–H and O–H groups in total. The van der Waals surface area contributed by atoms with Crippen molar-refractivity contribution in [3.05, 3.63) is 58.7 Å². The van der Waals surface area contributed by atoms with Gasteiger partial charge in [-0.2, -0.15) is 0 Å². The SMILES string of the molecule is Br.CCCC1CN(CC(=O)c2cc(C(C)(C)C)c(O)c(C(C)(C)C)c2)C(=N)C1c1ccccc1NS(C)(=O)=O. The molecule has 0 saturated carbocycles. The maximum absolute atomic E-state index is 13.7. The Balaban J connectivity index is 0.00000533. The number of anilines is 1. The maximum atomic E-state index is 13.7. The Morgan fingerprint density at radius 2 is 1.62 bits per heavy atom. The minimum Gasteiger partial charge on any atom is -0.507 e. The minimum atomic E-state index is -3.49. The van der Waals surface area contributed by atoms with Crippen LogP contribution in [-0.4, -0.2) is 49.4 Å². The van der Waals surface area contributed by atoms with Gasteiger partial charge in [0.25, 0.3) is 0 Å². The molecule has 1 heterocycles. The van der Waals surface area contributed by atoms with E-state index in [0.717, 1.165) is 35.8 Å². The predicted molar refractivity (Wildman–Crippen MR) is 166 cm³/mol. The summed E-state index contributed by atoms with van der Waals surface area (Å²) in [5.41, 5.74) is 2.51. The van der Waals surface area contributed by atoms with Crippen LogP contribution in [0.1, 0.15) is 94.3 Å². The third-order valence-electron chi connectivity index (χ3n) is 7.19. The van der Waals surface area contributed by atoms with Crippen LogP contribution < -0.4 is 4.72 Å². The summed E-state index contributed by atoms with van der Waals surface area (Å²) in [7, 11) is -3.49. The number of carbonyl (C=O) groups excluding carboxylic acids is 1. The third-order valence-corrected chi connectivity index (χ3v) is 7.79. The first-order valence-corrected chi connectivity index (χ1v) is 15.1. The number of ketones is 1. The van der Waals surface area contributed by atoms with E-state index in [4.69, 9.17) is 5.41 Å². The molecule has 0 bridgehead atoms. The van der Waals surface area contributed by atoms with E-state index >= 15 is 0 Å². The first-order valence-electron chi connectivity index (χ1n) is 13.2. The molecule has 39 heavy (non-hydrogen) atoms. The second-order valence-corrected chi connectivity index (χ2v) is 14.3. The van der Waals surface area contributed by atoms with Gasteiger partial charge in [0.15, 0.2) is 5.78 Å². The topological polar surface area (TPSA) is 111 Å². The van der Waals surface area contributed by atoms with Gasteiger partial charge >= 0.3 is 0 Å². The van der Waals surface area contributed by atoms with Gasteiger partial charge in [0, 0.05) is 29.2 Å². The lowest BCUT2D eigenvalue weighted by Gasteiger charge is -2.28. The maximum Gasteiger partial charge on any atom is 0.229 e. The Hall–Kier alpha value is -2.39. The van der Waals surface area contributed by atoms with Gasteiger partial charge < -0.3 is 10.0 Å². The molecule has 1 fully saturated rings. The summed E-state index contributed by atoms with van der Waals surface area (Å²) in [4.78, 5) is 15.5. The summed E-state index contributed by atoms with van der Waals surface area (Å²) < 4.78 is 26.6. The van der Waals surface area contributed by atoms with Crippen molar-refractivity contribution < 1.29 is 18.3 Å². The fourth-order valence-electron chi connectivity index (χ4n) is 5.35. The number of likely N-dealkylation sites (tertiary alicyclic amines) is 1. The highest BCUT2D eigenvalue weighted by atomic mass is 79.9. The van der Waals surface area contributed by atoms with E-state index < -0.39 is 10.0 Å².